The molecule has 0 unspecified atom stereocenters. The Morgan fingerprint density at radius 1 is 1.00 bits per heavy atom. The van der Waals surface area contributed by atoms with Crippen molar-refractivity contribution in [3.05, 3.63) is 60.0 Å². The molecule has 2 rings (SSSR count). The molecule has 0 fully saturated rings. The fraction of sp³-hybridized carbons (Fsp3) is 0.214. The minimum absolute atomic E-state index is 0.352. The predicted octanol–water partition coefficient (Wildman–Crippen LogP) is 4.85. The number of hydrogen-bond donors (Lipinski definition) is 0. The average molecular weight is 221 g/mol. The molecule has 2 heteroatoms. The third-order valence-electron chi connectivity index (χ3n) is 2.15. The summed E-state index contributed by atoms with van der Waals surface area (Å²) in [4.78, 5) is 0. The van der Waals surface area contributed by atoms with E-state index in [0.717, 1.165) is 0 Å². The van der Waals surface area contributed by atoms with Crippen LogP contribution in [0.3, 0.4) is 0 Å². The third kappa shape index (κ3) is 2.78. The lowest BCUT2D eigenvalue weighted by molar-refractivity contribution is 0.558. The molecule has 0 bridgehead atoms. The summed E-state index contributed by atoms with van der Waals surface area (Å²) < 4.78 is 26.3. The van der Waals surface area contributed by atoms with Crippen molar-refractivity contribution in [1.29, 1.82) is 0 Å². The van der Waals surface area contributed by atoms with Crippen molar-refractivity contribution in [2.45, 2.75) is 20.3 Å². The van der Waals surface area contributed by atoms with Gasteiger partial charge in [-0.15, -0.1) is 0 Å². The third-order valence-corrected chi connectivity index (χ3v) is 2.15. The molecule has 1 aliphatic rings. The van der Waals surface area contributed by atoms with Crippen LogP contribution in [0, 0.1) is 6.42 Å². The van der Waals surface area contributed by atoms with E-state index in [-0.39, 0.29) is 0 Å². The molecule has 1 aliphatic carbocycles. The van der Waals surface area contributed by atoms with Crippen molar-refractivity contribution in [1.82, 2.24) is 0 Å². The van der Waals surface area contributed by atoms with Gasteiger partial charge in [0, 0.05) is 12.0 Å². The van der Waals surface area contributed by atoms with Gasteiger partial charge in [0.15, 0.2) is 5.83 Å². The van der Waals surface area contributed by atoms with E-state index >= 15 is 0 Å². The van der Waals surface area contributed by atoms with Crippen LogP contribution in [0.15, 0.2) is 48.1 Å². The van der Waals surface area contributed by atoms with E-state index in [9.17, 15) is 8.78 Å². The summed E-state index contributed by atoms with van der Waals surface area (Å²) in [6.45, 7) is 4.00. The van der Waals surface area contributed by atoms with Gasteiger partial charge in [0.2, 0.25) is 0 Å². The topological polar surface area (TPSA) is 0 Å². The van der Waals surface area contributed by atoms with Gasteiger partial charge >= 0.3 is 0 Å². The highest BCUT2D eigenvalue weighted by molar-refractivity contribution is 5.79. The molecule has 0 heterocycles. The summed E-state index contributed by atoms with van der Waals surface area (Å²) in [6.07, 6.45) is 3.37. The number of rotatable bonds is 1. The first-order valence-electron chi connectivity index (χ1n) is 5.43. The lowest BCUT2D eigenvalue weighted by Crippen LogP contribution is -1.94. The van der Waals surface area contributed by atoms with Crippen LogP contribution in [0.4, 0.5) is 8.78 Å². The summed E-state index contributed by atoms with van der Waals surface area (Å²) in [5, 5.41) is 0. The van der Waals surface area contributed by atoms with Gasteiger partial charge in [0.25, 0.3) is 0 Å². The molecule has 0 spiro atoms. The molecule has 0 aromatic heterocycles. The highest BCUT2D eigenvalue weighted by Crippen LogP contribution is 2.32. The number of benzene rings is 1. The molecule has 1 aromatic carbocycles. The molecule has 16 heavy (non-hydrogen) atoms. The zero-order chi connectivity index (χ0) is 12.0. The van der Waals surface area contributed by atoms with Crippen LogP contribution in [0.1, 0.15) is 25.8 Å². The second-order valence-corrected chi connectivity index (χ2v) is 3.09. The average Bonchev–Trinajstić information content (AvgIpc) is 2.36. The summed E-state index contributed by atoms with van der Waals surface area (Å²) in [5.74, 6) is -1.52. The van der Waals surface area contributed by atoms with Crippen LogP contribution in [0.25, 0.3) is 5.57 Å². The van der Waals surface area contributed by atoms with E-state index in [0.29, 0.717) is 17.6 Å². The zero-order valence-electron chi connectivity index (χ0n) is 9.50. The van der Waals surface area contributed by atoms with Crippen molar-refractivity contribution in [2.24, 2.45) is 0 Å². The molecule has 0 saturated heterocycles. The van der Waals surface area contributed by atoms with E-state index in [2.05, 4.69) is 0 Å². The van der Waals surface area contributed by atoms with Crippen LogP contribution in [0.5, 0.6) is 0 Å². The lowest BCUT2D eigenvalue weighted by atomic mass is 9.98. The van der Waals surface area contributed by atoms with Crippen LogP contribution < -0.4 is 0 Å². The van der Waals surface area contributed by atoms with Crippen LogP contribution in [-0.2, 0) is 0 Å². The Hall–Kier alpha value is -1.44. The van der Waals surface area contributed by atoms with E-state index < -0.39 is 11.7 Å². The van der Waals surface area contributed by atoms with Crippen LogP contribution in [0.2, 0.25) is 0 Å². The molecule has 85 valence electrons. The molecule has 0 saturated carbocycles. The van der Waals surface area contributed by atoms with Crippen LogP contribution >= 0.6 is 0 Å². The van der Waals surface area contributed by atoms with E-state index in [1.54, 1.807) is 30.3 Å². The highest BCUT2D eigenvalue weighted by Gasteiger charge is 2.17. The first-order valence-corrected chi connectivity index (χ1v) is 5.43. The summed E-state index contributed by atoms with van der Waals surface area (Å²) in [6, 6.07) is 8.99. The maximum atomic E-state index is 13.3. The van der Waals surface area contributed by atoms with Gasteiger partial charge in [-0.3, -0.25) is 0 Å². The molecule has 1 radical (unpaired) electrons. The van der Waals surface area contributed by atoms with Crippen LogP contribution in [-0.4, -0.2) is 0 Å². The lowest BCUT2D eigenvalue weighted by Gasteiger charge is -2.11. The maximum Gasteiger partial charge on any atom is 0.162 e. The minimum atomic E-state index is -0.762. The smallest absolute Gasteiger partial charge is 0.162 e. The molecule has 0 aliphatic heterocycles. The Kier molecular flexibility index (Phi) is 4.90. The molecule has 0 amide bonds. The molecule has 0 atom stereocenters. The Bertz CT molecular complexity index is 388. The van der Waals surface area contributed by atoms with Gasteiger partial charge in [-0.2, -0.15) is 0 Å². The fourth-order valence-electron chi connectivity index (χ4n) is 1.45. The van der Waals surface area contributed by atoms with Gasteiger partial charge in [0.05, 0.1) is 0 Å². The van der Waals surface area contributed by atoms with Crippen molar-refractivity contribution in [3.63, 3.8) is 0 Å². The Morgan fingerprint density at radius 3 is 2.25 bits per heavy atom. The Morgan fingerprint density at radius 2 is 1.62 bits per heavy atom. The highest BCUT2D eigenvalue weighted by atomic mass is 19.2. The van der Waals surface area contributed by atoms with E-state index in [4.69, 9.17) is 0 Å². The predicted molar refractivity (Wildman–Crippen MR) is 63.9 cm³/mol. The Balaban J connectivity index is 0.000000606. The second kappa shape index (κ2) is 6.21. The molecule has 0 N–H and O–H groups in total. The quantitative estimate of drug-likeness (QED) is 0.635. The molecular formula is C14H15F2. The van der Waals surface area contributed by atoms with Crippen molar-refractivity contribution < 1.29 is 8.78 Å². The minimum Gasteiger partial charge on any atom is -0.208 e. The largest absolute Gasteiger partial charge is 0.208 e. The van der Waals surface area contributed by atoms with Gasteiger partial charge < -0.3 is 0 Å². The Labute approximate surface area is 95.3 Å². The summed E-state index contributed by atoms with van der Waals surface area (Å²) in [7, 11) is 0. The number of halogens is 2. The molecule has 1 aromatic rings. The monoisotopic (exact) mass is 221 g/mol. The molecule has 0 nitrogen and oxygen atoms in total. The van der Waals surface area contributed by atoms with Gasteiger partial charge in [0.1, 0.15) is 5.83 Å². The SMILES string of the molecule is CC.FC1=C(F)C(c2ccccc2)=CC[CH]1. The maximum absolute atomic E-state index is 13.3. The van der Waals surface area contributed by atoms with Gasteiger partial charge in [-0.1, -0.05) is 50.3 Å². The van der Waals surface area contributed by atoms with Crippen molar-refractivity contribution in [3.8, 4) is 0 Å². The summed E-state index contributed by atoms with van der Waals surface area (Å²) in [5.41, 5.74) is 1.07. The summed E-state index contributed by atoms with van der Waals surface area (Å²) >= 11 is 0. The number of allylic oxidation sites excluding steroid dienone is 4. The first-order chi connectivity index (χ1) is 7.79. The standard InChI is InChI=1S/C12H9F2.C2H6/c13-11-8-4-7-10(12(11)14)9-5-2-1-3-6-9;1-2/h1-3,5-8H,4H2;1-2H3. The van der Waals surface area contributed by atoms with Crippen molar-refractivity contribution >= 4 is 5.57 Å². The van der Waals surface area contributed by atoms with Gasteiger partial charge in [-0.25, -0.2) is 8.78 Å². The van der Waals surface area contributed by atoms with E-state index in [1.807, 2.05) is 19.9 Å². The van der Waals surface area contributed by atoms with Crippen molar-refractivity contribution in [2.75, 3.05) is 0 Å². The molecular weight excluding hydrogens is 206 g/mol. The number of hydrogen-bond acceptors (Lipinski definition) is 0. The van der Waals surface area contributed by atoms with E-state index in [1.165, 1.54) is 6.42 Å². The van der Waals surface area contributed by atoms with Gasteiger partial charge in [-0.05, 0) is 12.0 Å². The second-order valence-electron chi connectivity index (χ2n) is 3.09. The zero-order valence-corrected chi connectivity index (χ0v) is 9.50. The fourth-order valence-corrected chi connectivity index (χ4v) is 1.45. The first kappa shape index (κ1) is 12.6. The normalized spacial score (nSPS) is 15.1.